The zero-order valence-electron chi connectivity index (χ0n) is 12.6. The summed E-state index contributed by atoms with van der Waals surface area (Å²) >= 11 is 5.51. The molecule has 0 saturated carbocycles. The van der Waals surface area contributed by atoms with Gasteiger partial charge >= 0.3 is 6.18 Å². The van der Waals surface area contributed by atoms with Crippen LogP contribution in [0, 0.1) is 0 Å². The molecule has 1 aromatic heterocycles. The number of tetrazole rings is 1. The van der Waals surface area contributed by atoms with Gasteiger partial charge in [-0.25, -0.2) is 8.42 Å². The van der Waals surface area contributed by atoms with Gasteiger partial charge in [0.25, 0.3) is 10.0 Å². The van der Waals surface area contributed by atoms with E-state index in [9.17, 15) is 21.6 Å². The zero-order valence-corrected chi connectivity index (χ0v) is 14.2. The Bertz CT molecular complexity index is 1040. The maximum absolute atomic E-state index is 12.9. The first-order chi connectivity index (χ1) is 12.2. The van der Waals surface area contributed by atoms with Crippen LogP contribution < -0.4 is 4.72 Å². The number of nitrogens with zero attached hydrogens (tertiary/aromatic N) is 3. The second-order valence-corrected chi connectivity index (χ2v) is 7.15. The Morgan fingerprint density at radius 1 is 1.12 bits per heavy atom. The van der Waals surface area contributed by atoms with E-state index in [1.54, 1.807) is 6.07 Å². The van der Waals surface area contributed by atoms with E-state index in [2.05, 4.69) is 25.3 Å². The summed E-state index contributed by atoms with van der Waals surface area (Å²) in [6, 6.07) is 8.36. The molecule has 0 aliphatic carbocycles. The second kappa shape index (κ2) is 6.57. The van der Waals surface area contributed by atoms with Crippen LogP contribution in [-0.4, -0.2) is 29.0 Å². The van der Waals surface area contributed by atoms with Crippen molar-refractivity contribution in [1.82, 2.24) is 20.6 Å². The Hall–Kier alpha value is -2.66. The molecule has 7 nitrogen and oxygen atoms in total. The minimum Gasteiger partial charge on any atom is -0.280 e. The molecule has 3 rings (SSSR count). The lowest BCUT2D eigenvalue weighted by molar-refractivity contribution is -0.137. The monoisotopic (exact) mass is 403 g/mol. The lowest BCUT2D eigenvalue weighted by Gasteiger charge is -2.13. The summed E-state index contributed by atoms with van der Waals surface area (Å²) in [4.78, 5) is -0.570. The molecule has 1 heterocycles. The number of nitrogens with one attached hydrogen (secondary N) is 2. The molecule has 2 aromatic carbocycles. The summed E-state index contributed by atoms with van der Waals surface area (Å²) in [6.07, 6.45) is -4.78. The van der Waals surface area contributed by atoms with Crippen molar-refractivity contribution < 1.29 is 21.6 Å². The van der Waals surface area contributed by atoms with Gasteiger partial charge in [0, 0.05) is 11.3 Å². The molecule has 0 aliphatic heterocycles. The Kier molecular flexibility index (Phi) is 4.59. The molecule has 0 bridgehead atoms. The first-order valence-corrected chi connectivity index (χ1v) is 8.76. The average molecular weight is 404 g/mol. The highest BCUT2D eigenvalue weighted by Gasteiger charge is 2.34. The van der Waals surface area contributed by atoms with Crippen molar-refractivity contribution in [2.75, 3.05) is 4.72 Å². The fourth-order valence-corrected chi connectivity index (χ4v) is 3.41. The highest BCUT2D eigenvalue weighted by atomic mass is 35.5. The summed E-state index contributed by atoms with van der Waals surface area (Å²) in [5, 5.41) is 12.6. The van der Waals surface area contributed by atoms with Crippen molar-refractivity contribution in [3.63, 3.8) is 0 Å². The number of benzene rings is 2. The lowest BCUT2D eigenvalue weighted by atomic mass is 10.2. The number of hydrogen-bond donors (Lipinski definition) is 2. The van der Waals surface area contributed by atoms with Crippen molar-refractivity contribution in [2.24, 2.45) is 0 Å². The minimum atomic E-state index is -4.78. The van der Waals surface area contributed by atoms with Crippen molar-refractivity contribution in [3.8, 4) is 11.4 Å². The standard InChI is InChI=1S/C14H9ClF3N5O2S/c15-12-5-4-10(7-11(12)14(16,17)18)26(24,25)21-9-3-1-2-8(6-9)13-19-22-23-20-13/h1-7,21H,(H,19,20,22,23). The highest BCUT2D eigenvalue weighted by molar-refractivity contribution is 7.92. The molecule has 12 heteroatoms. The third-order valence-electron chi connectivity index (χ3n) is 3.27. The van der Waals surface area contributed by atoms with Crippen LogP contribution in [0.2, 0.25) is 5.02 Å². The zero-order chi connectivity index (χ0) is 18.9. The number of hydrogen-bond acceptors (Lipinski definition) is 5. The quantitative estimate of drug-likeness (QED) is 0.695. The van der Waals surface area contributed by atoms with Crippen LogP contribution in [0.25, 0.3) is 11.4 Å². The summed E-state index contributed by atoms with van der Waals surface area (Å²) < 4.78 is 65.8. The number of halogens is 4. The molecule has 0 fully saturated rings. The van der Waals surface area contributed by atoms with Gasteiger partial charge in [0.05, 0.1) is 15.5 Å². The van der Waals surface area contributed by atoms with E-state index in [-0.39, 0.29) is 11.5 Å². The second-order valence-electron chi connectivity index (χ2n) is 5.06. The summed E-state index contributed by atoms with van der Waals surface area (Å²) in [7, 11) is -4.27. The van der Waals surface area contributed by atoms with Gasteiger partial charge in [-0.3, -0.25) is 4.72 Å². The van der Waals surface area contributed by atoms with Gasteiger partial charge in [0.1, 0.15) is 0 Å². The maximum Gasteiger partial charge on any atom is 0.417 e. The van der Waals surface area contributed by atoms with Gasteiger partial charge < -0.3 is 0 Å². The number of aromatic amines is 1. The number of H-pyrrole nitrogens is 1. The number of anilines is 1. The molecular weight excluding hydrogens is 395 g/mol. The Labute approximate surface area is 150 Å². The Morgan fingerprint density at radius 2 is 1.88 bits per heavy atom. The average Bonchev–Trinajstić information content (AvgIpc) is 3.08. The van der Waals surface area contributed by atoms with Crippen molar-refractivity contribution >= 4 is 27.3 Å². The van der Waals surface area contributed by atoms with Crippen molar-refractivity contribution in [3.05, 3.63) is 53.1 Å². The SMILES string of the molecule is O=S(=O)(Nc1cccc(-c2nn[nH]n2)c1)c1ccc(Cl)c(C(F)(F)F)c1. The van der Waals surface area contributed by atoms with Crippen molar-refractivity contribution in [2.45, 2.75) is 11.1 Å². The molecule has 0 aliphatic rings. The topological polar surface area (TPSA) is 101 Å². The fraction of sp³-hybridized carbons (Fsp3) is 0.0714. The summed E-state index contributed by atoms with van der Waals surface area (Å²) in [5.74, 6) is 0.233. The molecule has 0 saturated heterocycles. The van der Waals surface area contributed by atoms with E-state index in [0.717, 1.165) is 12.1 Å². The van der Waals surface area contributed by atoms with E-state index >= 15 is 0 Å². The fourth-order valence-electron chi connectivity index (χ4n) is 2.11. The number of aromatic nitrogens is 4. The van der Waals surface area contributed by atoms with Crippen LogP contribution in [0.4, 0.5) is 18.9 Å². The van der Waals surface area contributed by atoms with Crippen LogP contribution in [0.1, 0.15) is 5.56 Å². The summed E-state index contributed by atoms with van der Waals surface area (Å²) in [5.41, 5.74) is -0.649. The van der Waals surface area contributed by atoms with Crippen LogP contribution >= 0.6 is 11.6 Å². The molecule has 26 heavy (non-hydrogen) atoms. The molecule has 0 unspecified atom stereocenters. The predicted octanol–water partition coefficient (Wildman–Crippen LogP) is 3.34. The molecule has 2 N–H and O–H groups in total. The van der Waals surface area contributed by atoms with Gasteiger partial charge in [0.2, 0.25) is 5.82 Å². The van der Waals surface area contributed by atoms with Gasteiger partial charge in [-0.1, -0.05) is 23.7 Å². The first-order valence-electron chi connectivity index (χ1n) is 6.90. The van der Waals surface area contributed by atoms with Gasteiger partial charge in [0.15, 0.2) is 0 Å². The molecule has 0 atom stereocenters. The Balaban J connectivity index is 1.94. The molecule has 0 spiro atoms. The molecular formula is C14H9ClF3N5O2S. The highest BCUT2D eigenvalue weighted by Crippen LogP contribution is 2.36. The van der Waals surface area contributed by atoms with Crippen LogP contribution in [0.3, 0.4) is 0 Å². The third-order valence-corrected chi connectivity index (χ3v) is 4.98. The van der Waals surface area contributed by atoms with Gasteiger partial charge in [-0.15, -0.1) is 10.2 Å². The maximum atomic E-state index is 12.9. The first kappa shape index (κ1) is 18.1. The summed E-state index contributed by atoms with van der Waals surface area (Å²) in [6.45, 7) is 0. The minimum absolute atomic E-state index is 0.121. The largest absolute Gasteiger partial charge is 0.417 e. The lowest BCUT2D eigenvalue weighted by Crippen LogP contribution is -2.15. The molecule has 136 valence electrons. The third kappa shape index (κ3) is 3.78. The number of alkyl halides is 3. The number of rotatable bonds is 4. The molecule has 0 amide bonds. The van der Waals surface area contributed by atoms with Gasteiger partial charge in [-0.05, 0) is 35.5 Å². The molecule has 0 radical (unpaired) electrons. The van der Waals surface area contributed by atoms with Crippen LogP contribution in [-0.2, 0) is 16.2 Å². The smallest absolute Gasteiger partial charge is 0.280 e. The van der Waals surface area contributed by atoms with Crippen molar-refractivity contribution in [1.29, 1.82) is 0 Å². The number of sulfonamides is 1. The molecule has 3 aromatic rings. The van der Waals surface area contributed by atoms with E-state index in [1.807, 2.05) is 0 Å². The van der Waals surface area contributed by atoms with Gasteiger partial charge in [-0.2, -0.15) is 18.4 Å². The van der Waals surface area contributed by atoms with E-state index in [1.165, 1.54) is 18.2 Å². The van der Waals surface area contributed by atoms with E-state index < -0.39 is 31.7 Å². The Morgan fingerprint density at radius 3 is 2.54 bits per heavy atom. The normalized spacial score (nSPS) is 12.2. The van der Waals surface area contributed by atoms with E-state index in [4.69, 9.17) is 11.6 Å². The van der Waals surface area contributed by atoms with E-state index in [0.29, 0.717) is 11.6 Å². The predicted molar refractivity (Wildman–Crippen MR) is 86.9 cm³/mol. The van der Waals surface area contributed by atoms with Crippen LogP contribution in [0.15, 0.2) is 47.4 Å². The van der Waals surface area contributed by atoms with Crippen LogP contribution in [0.5, 0.6) is 0 Å².